The molecule has 1 unspecified atom stereocenters. The first kappa shape index (κ1) is 17.8. The van der Waals surface area contributed by atoms with Crippen LogP contribution in [0.3, 0.4) is 0 Å². The average Bonchev–Trinajstić information content (AvgIpc) is 2.78. The lowest BCUT2D eigenvalue weighted by molar-refractivity contribution is 0.596. The van der Waals surface area contributed by atoms with Gasteiger partial charge in [-0.2, -0.15) is 0 Å². The highest BCUT2D eigenvalue weighted by molar-refractivity contribution is 5.79. The van der Waals surface area contributed by atoms with Gasteiger partial charge in [-0.15, -0.1) is 10.2 Å². The molecule has 0 radical (unpaired) electrons. The van der Waals surface area contributed by atoms with Crippen molar-refractivity contribution < 1.29 is 0 Å². The number of aromatic nitrogens is 3. The van der Waals surface area contributed by atoms with Gasteiger partial charge in [0.2, 0.25) is 0 Å². The molecule has 2 rings (SSSR count). The Balaban J connectivity index is 1.83. The predicted molar refractivity (Wildman–Crippen MR) is 94.8 cm³/mol. The lowest BCUT2D eigenvalue weighted by Crippen LogP contribution is -2.42. The maximum atomic E-state index is 4.67. The molecule has 0 bridgehead atoms. The molecular weight excluding hydrogens is 288 g/mol. The third-order valence-corrected chi connectivity index (χ3v) is 4.35. The highest BCUT2D eigenvalue weighted by Gasteiger charge is 2.14. The van der Waals surface area contributed by atoms with Crippen LogP contribution in [0.4, 0.5) is 0 Å². The Hall–Kier alpha value is -1.59. The van der Waals surface area contributed by atoms with Crippen molar-refractivity contribution in [2.45, 2.75) is 78.3 Å². The third-order valence-electron chi connectivity index (χ3n) is 4.35. The molecule has 0 amide bonds. The fourth-order valence-corrected chi connectivity index (χ4v) is 2.81. The normalized spacial score (nSPS) is 16.6. The van der Waals surface area contributed by atoms with Crippen LogP contribution in [-0.4, -0.2) is 39.9 Å². The van der Waals surface area contributed by atoms with Crippen LogP contribution in [0.1, 0.15) is 64.5 Å². The van der Waals surface area contributed by atoms with Gasteiger partial charge in [-0.25, -0.2) is 0 Å². The molecule has 130 valence electrons. The van der Waals surface area contributed by atoms with Crippen molar-refractivity contribution >= 4 is 5.96 Å². The van der Waals surface area contributed by atoms with Crippen LogP contribution in [0, 0.1) is 0 Å². The van der Waals surface area contributed by atoms with E-state index in [1.807, 2.05) is 0 Å². The summed E-state index contributed by atoms with van der Waals surface area (Å²) in [6, 6.07) is 0.445. The summed E-state index contributed by atoms with van der Waals surface area (Å²) in [5.74, 6) is 3.23. The van der Waals surface area contributed by atoms with E-state index in [0.717, 1.165) is 57.1 Å². The molecule has 0 saturated carbocycles. The molecule has 0 aromatic carbocycles. The summed E-state index contributed by atoms with van der Waals surface area (Å²) in [7, 11) is 0. The molecule has 6 heteroatoms. The van der Waals surface area contributed by atoms with E-state index in [2.05, 4.69) is 51.2 Å². The van der Waals surface area contributed by atoms with Gasteiger partial charge in [0, 0.05) is 38.5 Å². The summed E-state index contributed by atoms with van der Waals surface area (Å²) >= 11 is 0. The molecule has 23 heavy (non-hydrogen) atoms. The number of hydrogen-bond donors (Lipinski definition) is 2. The second kappa shape index (κ2) is 9.53. The van der Waals surface area contributed by atoms with Gasteiger partial charge in [-0.1, -0.05) is 13.3 Å². The van der Waals surface area contributed by atoms with Crippen molar-refractivity contribution in [1.29, 1.82) is 0 Å². The summed E-state index contributed by atoms with van der Waals surface area (Å²) in [6.07, 6.45) is 7.94. The number of fused-ring (bicyclic) bond motifs is 1. The molecule has 0 aliphatic carbocycles. The van der Waals surface area contributed by atoms with E-state index in [9.17, 15) is 0 Å². The predicted octanol–water partition coefficient (Wildman–Crippen LogP) is 2.29. The summed E-state index contributed by atoms with van der Waals surface area (Å²) in [4.78, 5) is 4.67. The zero-order chi connectivity index (χ0) is 16.5. The van der Waals surface area contributed by atoms with Crippen LogP contribution in [0.15, 0.2) is 4.99 Å². The Morgan fingerprint density at radius 1 is 1.26 bits per heavy atom. The van der Waals surface area contributed by atoms with Crippen molar-refractivity contribution in [2.24, 2.45) is 4.99 Å². The zero-order valence-electron chi connectivity index (χ0n) is 14.9. The minimum Gasteiger partial charge on any atom is -0.357 e. The number of rotatable bonds is 7. The van der Waals surface area contributed by atoms with E-state index in [1.54, 1.807) is 0 Å². The van der Waals surface area contributed by atoms with Gasteiger partial charge in [0.1, 0.15) is 11.6 Å². The number of hydrogen-bond acceptors (Lipinski definition) is 3. The molecule has 0 saturated heterocycles. The molecule has 1 aliphatic rings. The standard InChI is InChI=1S/C17H32N6/c1-4-14(3)20-17(18-5-2)19-12-9-11-16-22-21-15-10-7-6-8-13-23(15)16/h14H,4-13H2,1-3H3,(H2,18,19,20). The summed E-state index contributed by atoms with van der Waals surface area (Å²) in [5, 5.41) is 15.5. The summed E-state index contributed by atoms with van der Waals surface area (Å²) in [5.41, 5.74) is 0. The van der Waals surface area contributed by atoms with Crippen molar-refractivity contribution in [3.8, 4) is 0 Å². The Morgan fingerprint density at radius 3 is 2.91 bits per heavy atom. The van der Waals surface area contributed by atoms with Crippen LogP contribution in [-0.2, 0) is 19.4 Å². The van der Waals surface area contributed by atoms with E-state index in [1.165, 1.54) is 25.1 Å². The quantitative estimate of drug-likeness (QED) is 0.459. The van der Waals surface area contributed by atoms with Gasteiger partial charge >= 0.3 is 0 Å². The number of nitrogens with one attached hydrogen (secondary N) is 2. The number of guanidine groups is 1. The molecule has 6 nitrogen and oxygen atoms in total. The van der Waals surface area contributed by atoms with E-state index in [0.29, 0.717) is 6.04 Å². The third kappa shape index (κ3) is 5.52. The van der Waals surface area contributed by atoms with Crippen LogP contribution in [0.5, 0.6) is 0 Å². The van der Waals surface area contributed by atoms with Crippen LogP contribution >= 0.6 is 0 Å². The van der Waals surface area contributed by atoms with Crippen LogP contribution in [0.25, 0.3) is 0 Å². The number of aliphatic imine (C=N–C) groups is 1. The van der Waals surface area contributed by atoms with Gasteiger partial charge in [-0.05, 0) is 39.5 Å². The average molecular weight is 320 g/mol. The van der Waals surface area contributed by atoms with E-state index < -0.39 is 0 Å². The molecular formula is C17H32N6. The Bertz CT molecular complexity index is 493. The number of nitrogens with zero attached hydrogens (tertiary/aromatic N) is 4. The monoisotopic (exact) mass is 320 g/mol. The zero-order valence-corrected chi connectivity index (χ0v) is 14.9. The second-order valence-electron chi connectivity index (χ2n) is 6.31. The van der Waals surface area contributed by atoms with Crippen molar-refractivity contribution in [3.05, 3.63) is 11.6 Å². The highest BCUT2D eigenvalue weighted by atomic mass is 15.3. The Labute approximate surface area is 140 Å². The summed E-state index contributed by atoms with van der Waals surface area (Å²) in [6.45, 7) is 9.24. The van der Waals surface area contributed by atoms with Gasteiger partial charge in [-0.3, -0.25) is 4.99 Å². The Kier molecular flexibility index (Phi) is 7.36. The molecule has 1 atom stereocenters. The van der Waals surface area contributed by atoms with Gasteiger partial charge in [0.05, 0.1) is 0 Å². The molecule has 1 aromatic heterocycles. The van der Waals surface area contributed by atoms with Crippen LogP contribution in [0.2, 0.25) is 0 Å². The molecule has 2 heterocycles. The molecule has 0 fully saturated rings. The highest BCUT2D eigenvalue weighted by Crippen LogP contribution is 2.15. The van der Waals surface area contributed by atoms with Crippen molar-refractivity contribution in [3.63, 3.8) is 0 Å². The fourth-order valence-electron chi connectivity index (χ4n) is 2.81. The first-order valence-corrected chi connectivity index (χ1v) is 9.20. The first-order valence-electron chi connectivity index (χ1n) is 9.20. The number of aryl methyl sites for hydroxylation is 2. The van der Waals surface area contributed by atoms with Crippen molar-refractivity contribution in [1.82, 2.24) is 25.4 Å². The second-order valence-corrected chi connectivity index (χ2v) is 6.31. The topological polar surface area (TPSA) is 67.1 Å². The van der Waals surface area contributed by atoms with E-state index in [4.69, 9.17) is 0 Å². The van der Waals surface area contributed by atoms with E-state index >= 15 is 0 Å². The van der Waals surface area contributed by atoms with Crippen LogP contribution < -0.4 is 10.6 Å². The maximum Gasteiger partial charge on any atom is 0.191 e. The van der Waals surface area contributed by atoms with Gasteiger partial charge in [0.25, 0.3) is 0 Å². The fraction of sp³-hybridized carbons (Fsp3) is 0.824. The molecule has 1 aromatic rings. The smallest absolute Gasteiger partial charge is 0.191 e. The SMILES string of the molecule is CCNC(=NCCCc1nnc2n1CCCCC2)NC(C)CC. The largest absolute Gasteiger partial charge is 0.357 e. The minimum absolute atomic E-state index is 0.445. The lowest BCUT2D eigenvalue weighted by Gasteiger charge is -2.16. The van der Waals surface area contributed by atoms with Gasteiger partial charge < -0.3 is 15.2 Å². The summed E-state index contributed by atoms with van der Waals surface area (Å²) < 4.78 is 2.33. The lowest BCUT2D eigenvalue weighted by atomic mass is 10.2. The molecule has 1 aliphatic heterocycles. The molecule has 0 spiro atoms. The Morgan fingerprint density at radius 2 is 2.13 bits per heavy atom. The van der Waals surface area contributed by atoms with E-state index in [-0.39, 0.29) is 0 Å². The van der Waals surface area contributed by atoms with Gasteiger partial charge in [0.15, 0.2) is 5.96 Å². The van der Waals surface area contributed by atoms with Crippen molar-refractivity contribution in [2.75, 3.05) is 13.1 Å². The molecule has 2 N–H and O–H groups in total. The minimum atomic E-state index is 0.445. The maximum absolute atomic E-state index is 4.67. The first-order chi connectivity index (χ1) is 11.2.